The molecule has 0 rings (SSSR count). The van der Waals surface area contributed by atoms with Crippen LogP contribution in [-0.2, 0) is 0 Å². The molecule has 0 aromatic rings. The van der Waals surface area contributed by atoms with Crippen LogP contribution in [0.5, 0.6) is 0 Å². The summed E-state index contributed by atoms with van der Waals surface area (Å²) in [6, 6.07) is 0. The molecule has 0 saturated heterocycles. The number of aliphatic hydroxyl groups is 1. The van der Waals surface area contributed by atoms with Crippen molar-refractivity contribution in [3.8, 4) is 0 Å². The Bertz CT molecular complexity index is 128. The van der Waals surface area contributed by atoms with Crippen molar-refractivity contribution in [1.82, 2.24) is 0 Å². The molecular weight excluding hydrogens is 112 g/mol. The summed E-state index contributed by atoms with van der Waals surface area (Å²) in [5.41, 5.74) is 1.82. The summed E-state index contributed by atoms with van der Waals surface area (Å²) in [6.07, 6.45) is 1.58. The van der Waals surface area contributed by atoms with Crippen LogP contribution in [-0.4, -0.2) is 10.7 Å². The monoisotopic (exact) mass is 126 g/mol. The largest absolute Gasteiger partial charge is 0.385 e. The first-order chi connectivity index (χ1) is 4.00. The van der Waals surface area contributed by atoms with E-state index in [2.05, 4.69) is 12.3 Å². The van der Waals surface area contributed by atoms with Crippen LogP contribution in [0.1, 0.15) is 20.8 Å². The first-order valence-electron chi connectivity index (χ1n) is 3.10. The molecule has 0 aliphatic carbocycles. The minimum Gasteiger partial charge on any atom is -0.385 e. The Kier molecular flexibility index (Phi) is 2.69. The lowest BCUT2D eigenvalue weighted by molar-refractivity contribution is 0.0628. The highest BCUT2D eigenvalue weighted by Gasteiger charge is 2.20. The molecule has 0 fully saturated rings. The lowest BCUT2D eigenvalue weighted by Crippen LogP contribution is -2.27. The van der Waals surface area contributed by atoms with Gasteiger partial charge in [0.05, 0.1) is 5.60 Å². The van der Waals surface area contributed by atoms with Crippen molar-refractivity contribution in [2.75, 3.05) is 0 Å². The maximum absolute atomic E-state index is 9.43. The van der Waals surface area contributed by atoms with Gasteiger partial charge in [-0.15, -0.1) is 5.73 Å². The van der Waals surface area contributed by atoms with Gasteiger partial charge >= 0.3 is 0 Å². The molecule has 52 valence electrons. The zero-order valence-corrected chi connectivity index (χ0v) is 6.31. The molecule has 0 saturated carbocycles. The quantitative estimate of drug-likeness (QED) is 0.559. The van der Waals surface area contributed by atoms with E-state index in [1.165, 1.54) is 0 Å². The molecule has 0 bridgehead atoms. The van der Waals surface area contributed by atoms with Crippen molar-refractivity contribution in [1.29, 1.82) is 0 Å². The third-order valence-electron chi connectivity index (χ3n) is 1.56. The van der Waals surface area contributed by atoms with E-state index in [0.29, 0.717) is 0 Å². The average Bonchev–Trinajstić information content (AvgIpc) is 1.65. The number of hydrogen-bond acceptors (Lipinski definition) is 1. The predicted molar refractivity (Wildman–Crippen MR) is 39.2 cm³/mol. The minimum atomic E-state index is -0.748. The highest BCUT2D eigenvalue weighted by molar-refractivity contribution is 4.97. The summed E-state index contributed by atoms with van der Waals surface area (Å²) in [5, 5.41) is 9.43. The topological polar surface area (TPSA) is 20.2 Å². The van der Waals surface area contributed by atoms with E-state index in [1.807, 2.05) is 13.8 Å². The Morgan fingerprint density at radius 2 is 2.11 bits per heavy atom. The van der Waals surface area contributed by atoms with Crippen LogP contribution >= 0.6 is 0 Å². The summed E-state index contributed by atoms with van der Waals surface area (Å²) in [5.74, 6) is 0.215. The smallest absolute Gasteiger partial charge is 0.0895 e. The van der Waals surface area contributed by atoms with Crippen LogP contribution in [0.3, 0.4) is 0 Å². The Labute approximate surface area is 56.7 Å². The van der Waals surface area contributed by atoms with Crippen LogP contribution in [0.15, 0.2) is 18.4 Å². The fourth-order valence-corrected chi connectivity index (χ4v) is 0.373. The second-order valence-corrected chi connectivity index (χ2v) is 2.73. The molecule has 0 aliphatic heterocycles. The highest BCUT2D eigenvalue weighted by atomic mass is 16.3. The molecule has 0 aromatic carbocycles. The van der Waals surface area contributed by atoms with Gasteiger partial charge in [0, 0.05) is 0 Å². The summed E-state index contributed by atoms with van der Waals surface area (Å²) >= 11 is 0. The van der Waals surface area contributed by atoms with E-state index in [9.17, 15) is 5.11 Å². The van der Waals surface area contributed by atoms with Crippen molar-refractivity contribution in [2.45, 2.75) is 26.4 Å². The van der Waals surface area contributed by atoms with Gasteiger partial charge in [0.2, 0.25) is 0 Å². The van der Waals surface area contributed by atoms with Gasteiger partial charge in [0.1, 0.15) is 0 Å². The number of hydrogen-bond donors (Lipinski definition) is 1. The molecular formula is C8H14O. The molecule has 1 atom stereocenters. The summed E-state index contributed by atoms with van der Waals surface area (Å²) in [7, 11) is 0. The highest BCUT2D eigenvalue weighted by Crippen LogP contribution is 2.16. The van der Waals surface area contributed by atoms with Gasteiger partial charge in [-0.3, -0.25) is 0 Å². The third-order valence-corrected chi connectivity index (χ3v) is 1.56. The zero-order valence-electron chi connectivity index (χ0n) is 6.31. The van der Waals surface area contributed by atoms with Gasteiger partial charge in [-0.05, 0) is 18.9 Å². The van der Waals surface area contributed by atoms with E-state index in [1.54, 1.807) is 13.0 Å². The summed E-state index contributed by atoms with van der Waals surface area (Å²) < 4.78 is 0. The van der Waals surface area contributed by atoms with Crippen molar-refractivity contribution >= 4 is 0 Å². The van der Waals surface area contributed by atoms with Gasteiger partial charge in [-0.25, -0.2) is 0 Å². The molecule has 0 heterocycles. The summed E-state index contributed by atoms with van der Waals surface area (Å²) in [6.45, 7) is 9.04. The number of rotatable bonds is 2. The van der Waals surface area contributed by atoms with E-state index in [0.717, 1.165) is 0 Å². The molecule has 1 N–H and O–H groups in total. The molecule has 1 unspecified atom stereocenters. The second kappa shape index (κ2) is 2.86. The molecule has 1 heteroatoms. The van der Waals surface area contributed by atoms with E-state index in [4.69, 9.17) is 0 Å². The van der Waals surface area contributed by atoms with Gasteiger partial charge in [0.25, 0.3) is 0 Å². The SMILES string of the molecule is C=C=CC(C)(O)C(C)C. The fourth-order valence-electron chi connectivity index (χ4n) is 0.373. The standard InChI is InChI=1S/C8H14O/c1-5-6-8(4,9)7(2)3/h6-7,9H,1H2,2-4H3. The lowest BCUT2D eigenvalue weighted by Gasteiger charge is -2.21. The fraction of sp³-hybridized carbons (Fsp3) is 0.625. The van der Waals surface area contributed by atoms with E-state index in [-0.39, 0.29) is 5.92 Å². The van der Waals surface area contributed by atoms with Gasteiger partial charge in [-0.1, -0.05) is 20.4 Å². The molecule has 9 heavy (non-hydrogen) atoms. The van der Waals surface area contributed by atoms with Crippen molar-refractivity contribution < 1.29 is 5.11 Å². The van der Waals surface area contributed by atoms with Crippen molar-refractivity contribution in [3.05, 3.63) is 18.4 Å². The van der Waals surface area contributed by atoms with Crippen molar-refractivity contribution in [2.24, 2.45) is 5.92 Å². The Balaban J connectivity index is 4.18. The van der Waals surface area contributed by atoms with Gasteiger partial charge in [-0.2, -0.15) is 0 Å². The first kappa shape index (κ1) is 8.48. The van der Waals surface area contributed by atoms with Crippen LogP contribution in [0.2, 0.25) is 0 Å². The molecule has 0 amide bonds. The van der Waals surface area contributed by atoms with Crippen LogP contribution in [0, 0.1) is 5.92 Å². The first-order valence-corrected chi connectivity index (χ1v) is 3.10. The maximum Gasteiger partial charge on any atom is 0.0895 e. The van der Waals surface area contributed by atoms with Crippen LogP contribution in [0.4, 0.5) is 0 Å². The maximum atomic E-state index is 9.43. The predicted octanol–water partition coefficient (Wildman–Crippen LogP) is 1.73. The Morgan fingerprint density at radius 1 is 1.67 bits per heavy atom. The molecule has 1 nitrogen and oxygen atoms in total. The second-order valence-electron chi connectivity index (χ2n) is 2.73. The van der Waals surface area contributed by atoms with Crippen LogP contribution < -0.4 is 0 Å². The zero-order chi connectivity index (χ0) is 7.49. The van der Waals surface area contributed by atoms with Crippen molar-refractivity contribution in [3.63, 3.8) is 0 Å². The molecule has 0 spiro atoms. The van der Waals surface area contributed by atoms with E-state index >= 15 is 0 Å². The average molecular weight is 126 g/mol. The van der Waals surface area contributed by atoms with E-state index < -0.39 is 5.60 Å². The Hall–Kier alpha value is -0.520. The Morgan fingerprint density at radius 3 is 2.22 bits per heavy atom. The lowest BCUT2D eigenvalue weighted by atomic mass is 9.93. The molecule has 0 radical (unpaired) electrons. The van der Waals surface area contributed by atoms with Gasteiger partial charge in [0.15, 0.2) is 0 Å². The minimum absolute atomic E-state index is 0.215. The summed E-state index contributed by atoms with van der Waals surface area (Å²) in [4.78, 5) is 0. The normalized spacial score (nSPS) is 16.6. The third kappa shape index (κ3) is 2.50. The molecule has 0 aromatic heterocycles. The molecule has 0 aliphatic rings. The van der Waals surface area contributed by atoms with Crippen LogP contribution in [0.25, 0.3) is 0 Å². The van der Waals surface area contributed by atoms with Gasteiger partial charge < -0.3 is 5.11 Å².